The summed E-state index contributed by atoms with van der Waals surface area (Å²) in [6, 6.07) is 4.24. The lowest BCUT2D eigenvalue weighted by Crippen LogP contribution is -2.26. The molecule has 1 aromatic rings. The first-order valence-electron chi connectivity index (χ1n) is 4.82. The third-order valence-electron chi connectivity index (χ3n) is 2.51. The molecule has 1 atom stereocenters. The number of halogens is 1. The molecule has 76 valence electrons. The molecule has 1 fully saturated rings. The maximum atomic E-state index is 5.83. The first-order valence-corrected chi connectivity index (χ1v) is 5.20. The molecule has 4 heteroatoms. The molecule has 0 aliphatic carbocycles. The van der Waals surface area contributed by atoms with Gasteiger partial charge in [0.1, 0.15) is 5.15 Å². The van der Waals surface area contributed by atoms with Gasteiger partial charge in [-0.25, -0.2) is 4.98 Å². The van der Waals surface area contributed by atoms with Crippen LogP contribution in [0, 0.1) is 0 Å². The SMILES string of the molecule is N[C@H]1CCN(Cc2ccnc(Cl)c2)C1. The Morgan fingerprint density at radius 3 is 3.14 bits per heavy atom. The van der Waals surface area contributed by atoms with Crippen molar-refractivity contribution in [2.75, 3.05) is 13.1 Å². The highest BCUT2D eigenvalue weighted by Gasteiger charge is 2.18. The molecule has 1 saturated heterocycles. The molecule has 0 aromatic carbocycles. The third kappa shape index (κ3) is 2.44. The number of pyridine rings is 1. The lowest BCUT2D eigenvalue weighted by Gasteiger charge is -2.14. The van der Waals surface area contributed by atoms with Gasteiger partial charge in [-0.05, 0) is 24.1 Å². The normalized spacial score (nSPS) is 22.9. The Balaban J connectivity index is 1.97. The molecule has 2 heterocycles. The number of hydrogen-bond acceptors (Lipinski definition) is 3. The molecule has 3 nitrogen and oxygen atoms in total. The summed E-state index contributed by atoms with van der Waals surface area (Å²) >= 11 is 5.80. The van der Waals surface area contributed by atoms with Gasteiger partial charge in [0.2, 0.25) is 0 Å². The van der Waals surface area contributed by atoms with Gasteiger partial charge in [0.05, 0.1) is 0 Å². The summed E-state index contributed by atoms with van der Waals surface area (Å²) in [5.74, 6) is 0. The molecule has 1 aliphatic rings. The maximum absolute atomic E-state index is 5.83. The van der Waals surface area contributed by atoms with Gasteiger partial charge in [-0.1, -0.05) is 11.6 Å². The highest BCUT2D eigenvalue weighted by atomic mass is 35.5. The fraction of sp³-hybridized carbons (Fsp3) is 0.500. The van der Waals surface area contributed by atoms with Crippen molar-refractivity contribution in [3.63, 3.8) is 0 Å². The van der Waals surface area contributed by atoms with Crippen LogP contribution in [-0.2, 0) is 6.54 Å². The van der Waals surface area contributed by atoms with Crippen molar-refractivity contribution in [2.24, 2.45) is 5.73 Å². The Bertz CT molecular complexity index is 316. The van der Waals surface area contributed by atoms with Gasteiger partial charge in [0.25, 0.3) is 0 Å². The maximum Gasteiger partial charge on any atom is 0.129 e. The first-order chi connectivity index (χ1) is 6.74. The summed E-state index contributed by atoms with van der Waals surface area (Å²) in [5, 5.41) is 0.561. The van der Waals surface area contributed by atoms with Crippen molar-refractivity contribution >= 4 is 11.6 Å². The molecule has 0 radical (unpaired) electrons. The van der Waals surface area contributed by atoms with E-state index in [1.807, 2.05) is 12.1 Å². The standard InChI is InChI=1S/C10H14ClN3/c11-10-5-8(1-3-13-10)6-14-4-2-9(12)7-14/h1,3,5,9H,2,4,6-7,12H2/t9-/m0/s1. The van der Waals surface area contributed by atoms with Crippen LogP contribution in [0.4, 0.5) is 0 Å². The summed E-state index contributed by atoms with van der Waals surface area (Å²) in [6.07, 6.45) is 2.84. The summed E-state index contributed by atoms with van der Waals surface area (Å²) in [5.41, 5.74) is 7.04. The zero-order valence-electron chi connectivity index (χ0n) is 7.99. The quantitative estimate of drug-likeness (QED) is 0.750. The van der Waals surface area contributed by atoms with Crippen LogP contribution in [-0.4, -0.2) is 29.0 Å². The van der Waals surface area contributed by atoms with Crippen molar-refractivity contribution in [1.82, 2.24) is 9.88 Å². The van der Waals surface area contributed by atoms with E-state index < -0.39 is 0 Å². The van der Waals surface area contributed by atoms with Crippen LogP contribution in [0.2, 0.25) is 5.15 Å². The van der Waals surface area contributed by atoms with Gasteiger partial charge in [0.15, 0.2) is 0 Å². The van der Waals surface area contributed by atoms with Gasteiger partial charge in [-0.3, -0.25) is 4.90 Å². The average Bonchev–Trinajstić information content (AvgIpc) is 2.51. The van der Waals surface area contributed by atoms with Gasteiger partial charge < -0.3 is 5.73 Å². The summed E-state index contributed by atoms with van der Waals surface area (Å²) in [4.78, 5) is 6.30. The average molecular weight is 212 g/mol. The predicted molar refractivity (Wildman–Crippen MR) is 57.1 cm³/mol. The number of nitrogens with two attached hydrogens (primary N) is 1. The molecule has 0 saturated carbocycles. The van der Waals surface area contributed by atoms with E-state index in [1.54, 1.807) is 6.20 Å². The molecule has 1 aromatic heterocycles. The second kappa shape index (κ2) is 4.26. The van der Waals surface area contributed by atoms with Crippen molar-refractivity contribution in [3.05, 3.63) is 29.0 Å². The lowest BCUT2D eigenvalue weighted by molar-refractivity contribution is 0.327. The molecule has 0 spiro atoms. The van der Waals surface area contributed by atoms with Crippen LogP contribution in [0.5, 0.6) is 0 Å². The van der Waals surface area contributed by atoms with Crippen LogP contribution in [0.25, 0.3) is 0 Å². The molecule has 2 rings (SSSR count). The molecular formula is C10H14ClN3. The van der Waals surface area contributed by atoms with E-state index in [4.69, 9.17) is 17.3 Å². The van der Waals surface area contributed by atoms with Crippen molar-refractivity contribution in [1.29, 1.82) is 0 Å². The molecule has 2 N–H and O–H groups in total. The van der Waals surface area contributed by atoms with E-state index in [2.05, 4.69) is 9.88 Å². The highest BCUT2D eigenvalue weighted by molar-refractivity contribution is 6.29. The highest BCUT2D eigenvalue weighted by Crippen LogP contribution is 2.13. The Labute approximate surface area is 88.9 Å². The monoisotopic (exact) mass is 211 g/mol. The van der Waals surface area contributed by atoms with E-state index in [9.17, 15) is 0 Å². The minimum absolute atomic E-state index is 0.340. The smallest absolute Gasteiger partial charge is 0.129 e. The number of aromatic nitrogens is 1. The number of nitrogens with zero attached hydrogens (tertiary/aromatic N) is 2. The van der Waals surface area contributed by atoms with E-state index in [1.165, 1.54) is 5.56 Å². The summed E-state index contributed by atoms with van der Waals surface area (Å²) in [6.45, 7) is 3.00. The third-order valence-corrected chi connectivity index (χ3v) is 2.71. The van der Waals surface area contributed by atoms with E-state index in [0.29, 0.717) is 11.2 Å². The Kier molecular flexibility index (Phi) is 3.01. The zero-order chi connectivity index (χ0) is 9.97. The topological polar surface area (TPSA) is 42.1 Å². The molecule has 1 aliphatic heterocycles. The van der Waals surface area contributed by atoms with Crippen molar-refractivity contribution in [3.8, 4) is 0 Å². The summed E-state index contributed by atoms with van der Waals surface area (Å²) < 4.78 is 0. The Hall–Kier alpha value is -0.640. The predicted octanol–water partition coefficient (Wildman–Crippen LogP) is 1.27. The van der Waals surface area contributed by atoms with Crippen LogP contribution < -0.4 is 5.73 Å². The van der Waals surface area contributed by atoms with Gasteiger partial charge in [-0.2, -0.15) is 0 Å². The van der Waals surface area contributed by atoms with E-state index in [-0.39, 0.29) is 0 Å². The van der Waals surface area contributed by atoms with Crippen LogP contribution in [0.15, 0.2) is 18.3 Å². The van der Waals surface area contributed by atoms with Gasteiger partial charge in [0, 0.05) is 31.9 Å². The molecule has 0 unspecified atom stereocenters. The van der Waals surface area contributed by atoms with Gasteiger partial charge >= 0.3 is 0 Å². The van der Waals surface area contributed by atoms with E-state index >= 15 is 0 Å². The van der Waals surface area contributed by atoms with Crippen LogP contribution in [0.3, 0.4) is 0 Å². The summed E-state index contributed by atoms with van der Waals surface area (Å²) in [7, 11) is 0. The second-order valence-corrected chi connectivity index (χ2v) is 4.16. The van der Waals surface area contributed by atoms with E-state index in [0.717, 1.165) is 26.1 Å². The van der Waals surface area contributed by atoms with Crippen molar-refractivity contribution in [2.45, 2.75) is 19.0 Å². The van der Waals surface area contributed by atoms with Crippen molar-refractivity contribution < 1.29 is 0 Å². The fourth-order valence-corrected chi connectivity index (χ4v) is 2.00. The number of hydrogen-bond donors (Lipinski definition) is 1. The van der Waals surface area contributed by atoms with Crippen LogP contribution >= 0.6 is 11.6 Å². The lowest BCUT2D eigenvalue weighted by atomic mass is 10.2. The minimum atomic E-state index is 0.340. The largest absolute Gasteiger partial charge is 0.326 e. The second-order valence-electron chi connectivity index (χ2n) is 3.77. The minimum Gasteiger partial charge on any atom is -0.326 e. The zero-order valence-corrected chi connectivity index (χ0v) is 8.74. The molecule has 0 amide bonds. The van der Waals surface area contributed by atoms with Crippen LogP contribution in [0.1, 0.15) is 12.0 Å². The Morgan fingerprint density at radius 2 is 2.50 bits per heavy atom. The first kappa shape index (κ1) is 9.90. The molecular weight excluding hydrogens is 198 g/mol. The number of likely N-dealkylation sites (tertiary alicyclic amines) is 1. The Morgan fingerprint density at radius 1 is 1.64 bits per heavy atom. The molecule has 14 heavy (non-hydrogen) atoms. The van der Waals surface area contributed by atoms with Gasteiger partial charge in [-0.15, -0.1) is 0 Å². The molecule has 0 bridgehead atoms. The fourth-order valence-electron chi connectivity index (χ4n) is 1.81. The number of rotatable bonds is 2.